The summed E-state index contributed by atoms with van der Waals surface area (Å²) in [6.45, 7) is 6.04. The number of furan rings is 1. The molecule has 0 amide bonds. The standard InChI is InChI=1S/C21H22O5/c1-6-25-19-11-15(14-7-8-17(23-4)18(10-14)24-5)9-16(22)20-12(2)26-13(3)21(19)20/h7-11H,6H2,1-5H3. The van der Waals surface area contributed by atoms with Crippen LogP contribution in [0.5, 0.6) is 17.2 Å². The molecule has 0 aliphatic carbocycles. The molecule has 0 radical (unpaired) electrons. The van der Waals surface area contributed by atoms with Crippen LogP contribution in [0.2, 0.25) is 0 Å². The number of rotatable bonds is 5. The Kier molecular flexibility index (Phi) is 4.89. The van der Waals surface area contributed by atoms with E-state index in [-0.39, 0.29) is 5.43 Å². The molecule has 0 aliphatic heterocycles. The van der Waals surface area contributed by atoms with E-state index in [0.717, 1.165) is 16.5 Å². The molecule has 2 aromatic carbocycles. The van der Waals surface area contributed by atoms with Crippen LogP contribution in [-0.2, 0) is 0 Å². The van der Waals surface area contributed by atoms with E-state index in [4.69, 9.17) is 18.6 Å². The summed E-state index contributed by atoms with van der Waals surface area (Å²) in [6.07, 6.45) is 0. The van der Waals surface area contributed by atoms with Crippen molar-refractivity contribution in [3.8, 4) is 28.4 Å². The summed E-state index contributed by atoms with van der Waals surface area (Å²) >= 11 is 0. The molecule has 3 aromatic rings. The average Bonchev–Trinajstić information content (AvgIpc) is 2.84. The first-order valence-electron chi connectivity index (χ1n) is 8.43. The third-order valence-electron chi connectivity index (χ3n) is 4.34. The van der Waals surface area contributed by atoms with E-state index in [2.05, 4.69) is 0 Å². The van der Waals surface area contributed by atoms with Gasteiger partial charge in [0.1, 0.15) is 17.3 Å². The highest BCUT2D eigenvalue weighted by molar-refractivity contribution is 5.93. The van der Waals surface area contributed by atoms with E-state index in [1.165, 1.54) is 0 Å². The van der Waals surface area contributed by atoms with Gasteiger partial charge < -0.3 is 18.6 Å². The van der Waals surface area contributed by atoms with E-state index >= 15 is 0 Å². The lowest BCUT2D eigenvalue weighted by molar-refractivity contribution is 0.344. The van der Waals surface area contributed by atoms with Crippen LogP contribution in [0.1, 0.15) is 18.4 Å². The fourth-order valence-electron chi connectivity index (χ4n) is 3.20. The Morgan fingerprint density at radius 1 is 0.846 bits per heavy atom. The molecule has 0 atom stereocenters. The van der Waals surface area contributed by atoms with Crippen molar-refractivity contribution in [2.75, 3.05) is 20.8 Å². The molecule has 1 heterocycles. The van der Waals surface area contributed by atoms with E-state index in [0.29, 0.717) is 40.8 Å². The monoisotopic (exact) mass is 354 g/mol. The van der Waals surface area contributed by atoms with E-state index in [1.54, 1.807) is 27.2 Å². The lowest BCUT2D eigenvalue weighted by Crippen LogP contribution is -1.96. The van der Waals surface area contributed by atoms with Gasteiger partial charge in [-0.05, 0) is 56.2 Å². The van der Waals surface area contributed by atoms with Crippen molar-refractivity contribution in [3.05, 3.63) is 52.1 Å². The van der Waals surface area contributed by atoms with Gasteiger partial charge in [-0.25, -0.2) is 0 Å². The lowest BCUT2D eigenvalue weighted by atomic mass is 10.1. The topological polar surface area (TPSA) is 57.9 Å². The highest BCUT2D eigenvalue weighted by Gasteiger charge is 2.16. The zero-order valence-corrected chi connectivity index (χ0v) is 15.6. The van der Waals surface area contributed by atoms with Crippen LogP contribution < -0.4 is 19.6 Å². The Morgan fingerprint density at radius 3 is 2.15 bits per heavy atom. The molecule has 3 rings (SSSR count). The number of methoxy groups -OCH3 is 2. The van der Waals surface area contributed by atoms with Crippen molar-refractivity contribution in [2.45, 2.75) is 20.8 Å². The fraction of sp³-hybridized carbons (Fsp3) is 0.286. The molecule has 0 saturated heterocycles. The maximum atomic E-state index is 12.9. The first-order chi connectivity index (χ1) is 12.5. The highest BCUT2D eigenvalue weighted by atomic mass is 16.5. The first kappa shape index (κ1) is 17.9. The second-order valence-electron chi connectivity index (χ2n) is 5.94. The molecule has 1 aromatic heterocycles. The van der Waals surface area contributed by atoms with Crippen molar-refractivity contribution < 1.29 is 18.6 Å². The van der Waals surface area contributed by atoms with Crippen molar-refractivity contribution in [1.29, 1.82) is 0 Å². The summed E-state index contributed by atoms with van der Waals surface area (Å²) in [5.74, 6) is 3.13. The fourth-order valence-corrected chi connectivity index (χ4v) is 3.20. The molecule has 0 fully saturated rings. The van der Waals surface area contributed by atoms with Crippen LogP contribution >= 0.6 is 0 Å². The van der Waals surface area contributed by atoms with E-state index in [1.807, 2.05) is 38.1 Å². The number of ether oxygens (including phenoxy) is 3. The smallest absolute Gasteiger partial charge is 0.190 e. The van der Waals surface area contributed by atoms with Gasteiger partial charge in [0.2, 0.25) is 0 Å². The maximum absolute atomic E-state index is 12.9. The summed E-state index contributed by atoms with van der Waals surface area (Å²) < 4.78 is 22.2. The molecule has 136 valence electrons. The van der Waals surface area contributed by atoms with Crippen molar-refractivity contribution in [3.63, 3.8) is 0 Å². The largest absolute Gasteiger partial charge is 0.493 e. The zero-order valence-electron chi connectivity index (χ0n) is 15.6. The highest BCUT2D eigenvalue weighted by Crippen LogP contribution is 2.36. The Balaban J connectivity index is 2.33. The van der Waals surface area contributed by atoms with Gasteiger partial charge in [-0.2, -0.15) is 0 Å². The Hall–Kier alpha value is -2.95. The molecular weight excluding hydrogens is 332 g/mol. The predicted octanol–water partition coefficient (Wildman–Crippen LogP) is 4.49. The van der Waals surface area contributed by atoms with Crippen molar-refractivity contribution in [2.24, 2.45) is 0 Å². The summed E-state index contributed by atoms with van der Waals surface area (Å²) in [6, 6.07) is 9.03. The number of fused-ring (bicyclic) bond motifs is 1. The molecule has 0 aliphatic rings. The number of aryl methyl sites for hydroxylation is 2. The molecule has 0 N–H and O–H groups in total. The quantitative estimate of drug-likeness (QED) is 0.675. The van der Waals surface area contributed by atoms with Gasteiger partial charge in [0.15, 0.2) is 16.9 Å². The second kappa shape index (κ2) is 7.12. The molecule has 5 heteroatoms. The van der Waals surface area contributed by atoms with Gasteiger partial charge in [0, 0.05) is 0 Å². The molecule has 0 bridgehead atoms. The van der Waals surface area contributed by atoms with Crippen molar-refractivity contribution >= 4 is 10.8 Å². The normalized spacial score (nSPS) is 10.8. The summed E-state index contributed by atoms with van der Waals surface area (Å²) in [5, 5.41) is 1.28. The van der Waals surface area contributed by atoms with Gasteiger partial charge in [-0.15, -0.1) is 0 Å². The van der Waals surface area contributed by atoms with Crippen LogP contribution in [-0.4, -0.2) is 20.8 Å². The Morgan fingerprint density at radius 2 is 1.50 bits per heavy atom. The molecule has 0 saturated carbocycles. The minimum atomic E-state index is -0.106. The van der Waals surface area contributed by atoms with Crippen LogP contribution in [0, 0.1) is 13.8 Å². The molecular formula is C21H22O5. The molecule has 26 heavy (non-hydrogen) atoms. The molecule has 0 unspecified atom stereocenters. The SMILES string of the molecule is CCOc1cc(-c2ccc(OC)c(OC)c2)cc(=O)c2c(C)oc(C)c12. The lowest BCUT2D eigenvalue weighted by Gasteiger charge is -2.09. The average molecular weight is 354 g/mol. The summed E-state index contributed by atoms with van der Waals surface area (Å²) in [7, 11) is 3.17. The zero-order chi connectivity index (χ0) is 18.8. The summed E-state index contributed by atoms with van der Waals surface area (Å²) in [5.41, 5.74) is 1.48. The van der Waals surface area contributed by atoms with Crippen LogP contribution in [0.4, 0.5) is 0 Å². The van der Waals surface area contributed by atoms with E-state index in [9.17, 15) is 4.79 Å². The molecule has 5 nitrogen and oxygen atoms in total. The minimum Gasteiger partial charge on any atom is -0.493 e. The van der Waals surface area contributed by atoms with Gasteiger partial charge in [-0.1, -0.05) is 6.07 Å². The van der Waals surface area contributed by atoms with Crippen LogP contribution in [0.25, 0.3) is 21.9 Å². The number of hydrogen-bond donors (Lipinski definition) is 0. The van der Waals surface area contributed by atoms with Crippen LogP contribution in [0.15, 0.2) is 39.5 Å². The third kappa shape index (κ3) is 3.01. The minimum absolute atomic E-state index is 0.106. The van der Waals surface area contributed by atoms with Gasteiger partial charge in [0.25, 0.3) is 0 Å². The van der Waals surface area contributed by atoms with Gasteiger partial charge in [0.05, 0.1) is 31.6 Å². The number of benzene rings is 1. The Labute approximate surface area is 152 Å². The molecule has 0 spiro atoms. The summed E-state index contributed by atoms with van der Waals surface area (Å²) in [4.78, 5) is 12.9. The van der Waals surface area contributed by atoms with E-state index < -0.39 is 0 Å². The predicted molar refractivity (Wildman–Crippen MR) is 102 cm³/mol. The van der Waals surface area contributed by atoms with Gasteiger partial charge in [-0.3, -0.25) is 4.79 Å². The first-order valence-corrected chi connectivity index (χ1v) is 8.43. The van der Waals surface area contributed by atoms with Gasteiger partial charge >= 0.3 is 0 Å². The maximum Gasteiger partial charge on any atom is 0.190 e. The van der Waals surface area contributed by atoms with Crippen molar-refractivity contribution in [1.82, 2.24) is 0 Å². The number of hydrogen-bond acceptors (Lipinski definition) is 5. The third-order valence-corrected chi connectivity index (χ3v) is 4.34. The van der Waals surface area contributed by atoms with Crippen LogP contribution in [0.3, 0.4) is 0 Å². The Bertz CT molecular complexity index is 1020. The second-order valence-corrected chi connectivity index (χ2v) is 5.94.